The number of hydrogen-bond donors (Lipinski definition) is 8. The number of halogens is 4. The fourth-order valence-corrected chi connectivity index (χ4v) is 4.88. The van der Waals surface area contributed by atoms with Crippen molar-refractivity contribution in [1.82, 2.24) is 14.9 Å². The maximum absolute atomic E-state index is 15.3. The molecule has 14 nitrogen and oxygen atoms in total. The van der Waals surface area contributed by atoms with Gasteiger partial charge in [-0.05, 0) is 13.1 Å². The molecule has 1 aliphatic heterocycles. The number of carbonyl (C=O) groups excluding carboxylic acids is 1. The van der Waals surface area contributed by atoms with E-state index in [9.17, 15) is 39.5 Å². The first kappa shape index (κ1) is 32.4. The number of nitrogens with zero attached hydrogens (tertiary/aromatic N) is 3. The van der Waals surface area contributed by atoms with Crippen LogP contribution in [-0.2, 0) is 4.74 Å². The number of ether oxygens (including phenoxy) is 1. The second-order valence-corrected chi connectivity index (χ2v) is 10.1. The highest BCUT2D eigenvalue weighted by Crippen LogP contribution is 2.38. The maximum Gasteiger partial charge on any atom is 0.345 e. The third kappa shape index (κ3) is 5.98. The summed E-state index contributed by atoms with van der Waals surface area (Å²) in [7, 11) is 1.16. The minimum Gasteiger partial charge on any atom is -0.440 e. The van der Waals surface area contributed by atoms with E-state index in [0.717, 1.165) is 11.6 Å². The van der Waals surface area contributed by atoms with Crippen LogP contribution in [0.4, 0.5) is 24.7 Å². The van der Waals surface area contributed by atoms with E-state index in [-0.39, 0.29) is 24.3 Å². The number of aromatic nitrogens is 2. The van der Waals surface area contributed by atoms with Crippen LogP contribution in [0.3, 0.4) is 0 Å². The Balaban J connectivity index is 1.87. The summed E-state index contributed by atoms with van der Waals surface area (Å²) in [5, 5.41) is 60.0. The molecule has 2 aromatic heterocycles. The number of aliphatic hydroxyl groups is 6. The standard InChI is InChI=1S/C25H27ClF3N5O9/c1-31-24(21(41)20(40)19(39)14(37)7-35)43-25(42)10-6-34(23-13(29)3-12(28)22(30)32-23)16-9(18(10)38)2-11(27)17(15(16)26)33-4-8(36)5-33/h2-3,6,8,14,19-21,24,31,35-37,39-41H,4-5,7H2,1H3,(H2,30,32)/t14-,19-,20+,21-,24?/m1/s1. The predicted octanol–water partition coefficient (Wildman–Crippen LogP) is -1.64. The highest BCUT2D eigenvalue weighted by molar-refractivity contribution is 6.38. The molecule has 3 aromatic rings. The van der Waals surface area contributed by atoms with Crippen molar-refractivity contribution >= 4 is 40.0 Å². The number of nitrogens with two attached hydrogens (primary N) is 1. The van der Waals surface area contributed by atoms with Crippen LogP contribution < -0.4 is 21.4 Å². The molecule has 1 aliphatic rings. The summed E-state index contributed by atoms with van der Waals surface area (Å²) >= 11 is 6.51. The van der Waals surface area contributed by atoms with Crippen LogP contribution in [0.15, 0.2) is 23.1 Å². The molecule has 0 saturated carbocycles. The summed E-state index contributed by atoms with van der Waals surface area (Å²) in [5.41, 5.74) is 2.84. The molecule has 1 saturated heterocycles. The van der Waals surface area contributed by atoms with E-state index in [1.807, 2.05) is 0 Å². The van der Waals surface area contributed by atoms with Gasteiger partial charge in [0.15, 0.2) is 29.5 Å². The Morgan fingerprint density at radius 1 is 1.14 bits per heavy atom. The molecular weight excluding hydrogens is 607 g/mol. The highest BCUT2D eigenvalue weighted by atomic mass is 35.5. The number of nitrogens with one attached hydrogen (secondary N) is 1. The Morgan fingerprint density at radius 3 is 2.37 bits per heavy atom. The van der Waals surface area contributed by atoms with E-state index in [2.05, 4.69) is 10.3 Å². The van der Waals surface area contributed by atoms with E-state index in [0.29, 0.717) is 18.3 Å². The van der Waals surface area contributed by atoms with Gasteiger partial charge in [0.2, 0.25) is 5.43 Å². The second-order valence-electron chi connectivity index (χ2n) is 9.72. The zero-order valence-corrected chi connectivity index (χ0v) is 22.9. The van der Waals surface area contributed by atoms with Gasteiger partial charge in [-0.2, -0.15) is 0 Å². The van der Waals surface area contributed by atoms with Gasteiger partial charge < -0.3 is 46.0 Å². The number of likely N-dealkylation sites (N-methyl/N-ethyl adjacent to an activating group) is 1. The Hall–Kier alpha value is -3.55. The molecule has 1 aromatic carbocycles. The van der Waals surface area contributed by atoms with Crippen molar-refractivity contribution in [1.29, 1.82) is 0 Å². The number of pyridine rings is 2. The lowest BCUT2D eigenvalue weighted by Gasteiger charge is -2.38. The predicted molar refractivity (Wildman–Crippen MR) is 144 cm³/mol. The maximum atomic E-state index is 15.3. The number of esters is 1. The van der Waals surface area contributed by atoms with Gasteiger partial charge in [-0.15, -0.1) is 0 Å². The zero-order chi connectivity index (χ0) is 31.9. The highest BCUT2D eigenvalue weighted by Gasteiger charge is 2.37. The van der Waals surface area contributed by atoms with Gasteiger partial charge in [-0.3, -0.25) is 14.7 Å². The molecular formula is C25H27ClF3N5O9. The first-order valence-corrected chi connectivity index (χ1v) is 12.9. The van der Waals surface area contributed by atoms with Crippen LogP contribution in [0.5, 0.6) is 0 Å². The molecule has 0 spiro atoms. The van der Waals surface area contributed by atoms with Crippen molar-refractivity contribution in [2.45, 2.75) is 36.7 Å². The lowest BCUT2D eigenvalue weighted by atomic mass is 10.0. The molecule has 0 bridgehead atoms. The molecule has 18 heteroatoms. The number of aliphatic hydroxyl groups excluding tert-OH is 6. The molecule has 43 heavy (non-hydrogen) atoms. The number of nitrogen functional groups attached to an aromatic ring is 1. The largest absolute Gasteiger partial charge is 0.440 e. The van der Waals surface area contributed by atoms with Crippen molar-refractivity contribution in [2.24, 2.45) is 0 Å². The summed E-state index contributed by atoms with van der Waals surface area (Å²) < 4.78 is 50.1. The van der Waals surface area contributed by atoms with Gasteiger partial charge in [0.25, 0.3) is 0 Å². The normalized spacial score (nSPS) is 17.3. The van der Waals surface area contributed by atoms with E-state index >= 15 is 8.78 Å². The molecule has 0 amide bonds. The van der Waals surface area contributed by atoms with E-state index in [1.54, 1.807) is 0 Å². The molecule has 0 aliphatic carbocycles. The number of β-amino-alcohol motifs (C(OH)–C–C–N with tert-alkyl or cyclic N) is 1. The molecule has 5 atom stereocenters. The summed E-state index contributed by atoms with van der Waals surface area (Å²) in [6.07, 6.45) is -10.2. The first-order chi connectivity index (χ1) is 20.2. The lowest BCUT2D eigenvalue weighted by molar-refractivity contribution is -0.145. The van der Waals surface area contributed by atoms with Crippen molar-refractivity contribution in [2.75, 3.05) is 37.4 Å². The molecule has 9 N–H and O–H groups in total. The Labute approximate surface area is 244 Å². The number of anilines is 2. The van der Waals surface area contributed by atoms with Crippen molar-refractivity contribution in [3.8, 4) is 5.82 Å². The average molecular weight is 634 g/mol. The zero-order valence-electron chi connectivity index (χ0n) is 22.2. The Morgan fingerprint density at radius 2 is 1.79 bits per heavy atom. The van der Waals surface area contributed by atoms with Crippen molar-refractivity contribution < 1.29 is 53.3 Å². The minimum atomic E-state index is -2.17. The first-order valence-electron chi connectivity index (χ1n) is 12.5. The molecule has 1 fully saturated rings. The quantitative estimate of drug-likeness (QED) is 0.0927. The molecule has 234 valence electrons. The number of carbonyl (C=O) groups is 1. The van der Waals surface area contributed by atoms with E-state index < -0.39 is 99.8 Å². The van der Waals surface area contributed by atoms with Gasteiger partial charge in [-0.25, -0.2) is 22.9 Å². The van der Waals surface area contributed by atoms with Gasteiger partial charge in [0.1, 0.15) is 35.8 Å². The smallest absolute Gasteiger partial charge is 0.345 e. The molecule has 0 radical (unpaired) electrons. The van der Waals surface area contributed by atoms with Crippen molar-refractivity contribution in [3.63, 3.8) is 0 Å². The van der Waals surface area contributed by atoms with Crippen LogP contribution in [0, 0.1) is 17.5 Å². The molecule has 3 heterocycles. The van der Waals surface area contributed by atoms with Gasteiger partial charge >= 0.3 is 5.97 Å². The third-order valence-corrected chi connectivity index (χ3v) is 7.19. The van der Waals surface area contributed by atoms with Crippen LogP contribution in [0.2, 0.25) is 5.02 Å². The second kappa shape index (κ2) is 12.6. The minimum absolute atomic E-state index is 0.0174. The van der Waals surface area contributed by atoms with Gasteiger partial charge in [-0.1, -0.05) is 11.6 Å². The molecule has 4 rings (SSSR count). The van der Waals surface area contributed by atoms with Crippen LogP contribution >= 0.6 is 11.6 Å². The number of fused-ring (bicyclic) bond motifs is 1. The number of rotatable bonds is 10. The van der Waals surface area contributed by atoms with Crippen LogP contribution in [0.25, 0.3) is 16.7 Å². The van der Waals surface area contributed by atoms with Gasteiger partial charge in [0.05, 0.1) is 34.3 Å². The fraction of sp³-hybridized carbons (Fsp3) is 0.400. The lowest BCUT2D eigenvalue weighted by Crippen LogP contribution is -2.54. The van der Waals surface area contributed by atoms with Gasteiger partial charge in [0, 0.05) is 25.4 Å². The number of hydrogen-bond acceptors (Lipinski definition) is 13. The summed E-state index contributed by atoms with van der Waals surface area (Å²) in [4.78, 5) is 31.7. The summed E-state index contributed by atoms with van der Waals surface area (Å²) in [6.45, 7) is -1.02. The SMILES string of the molecule is CNC(OC(=O)c1cn(-c2nc(N)c(F)cc2F)c2c(Cl)c(N3CC(O)C3)c(F)cc2c1=O)[C@H](O)[C@@H](O)[C@H](O)[C@H](O)CO. The van der Waals surface area contributed by atoms with Crippen LogP contribution in [-0.4, -0.2) is 110 Å². The third-order valence-electron chi connectivity index (χ3n) is 6.83. The topological polar surface area (TPSA) is 224 Å². The van der Waals surface area contributed by atoms with E-state index in [1.165, 1.54) is 4.90 Å². The average Bonchev–Trinajstić information content (AvgIpc) is 2.95. The van der Waals surface area contributed by atoms with E-state index in [4.69, 9.17) is 27.2 Å². The Bertz CT molecular complexity index is 1610. The summed E-state index contributed by atoms with van der Waals surface area (Å²) in [5.74, 6) is -6.61. The summed E-state index contributed by atoms with van der Waals surface area (Å²) in [6, 6.07) is 1.09. The monoisotopic (exact) mass is 633 g/mol. The number of benzene rings is 1. The van der Waals surface area contributed by atoms with Crippen molar-refractivity contribution in [3.05, 3.63) is 56.6 Å². The Kier molecular flexibility index (Phi) is 9.48. The fourth-order valence-electron chi connectivity index (χ4n) is 4.48. The molecule has 1 unspecified atom stereocenters. The van der Waals surface area contributed by atoms with Crippen LogP contribution in [0.1, 0.15) is 10.4 Å².